The van der Waals surface area contributed by atoms with Crippen molar-refractivity contribution < 1.29 is 24.1 Å². The third kappa shape index (κ3) is 5.63. The lowest BCUT2D eigenvalue weighted by atomic mass is 9.89. The topological polar surface area (TPSA) is 65.0 Å². The summed E-state index contributed by atoms with van der Waals surface area (Å²) in [5, 5.41) is 10.8. The van der Waals surface area contributed by atoms with Crippen molar-refractivity contribution in [3.8, 4) is 11.5 Å². The van der Waals surface area contributed by atoms with Crippen LogP contribution in [-0.4, -0.2) is 29.9 Å². The molecule has 3 rings (SSSR count). The number of carbonyl (C=O) groups is 1. The molecule has 0 aromatic heterocycles. The molecule has 0 saturated carbocycles. The van der Waals surface area contributed by atoms with E-state index in [1.807, 2.05) is 42.5 Å². The largest absolute Gasteiger partial charge is 0.493 e. The molecule has 0 radical (unpaired) electrons. The Morgan fingerprint density at radius 1 is 1.18 bits per heavy atom. The first kappa shape index (κ1) is 20.5. The van der Waals surface area contributed by atoms with Crippen molar-refractivity contribution in [3.05, 3.63) is 58.6 Å². The fourth-order valence-corrected chi connectivity index (χ4v) is 3.49. The normalized spacial score (nSPS) is 21.9. The van der Waals surface area contributed by atoms with Crippen LogP contribution in [0.4, 0.5) is 0 Å². The number of aryl methyl sites for hydroxylation is 1. The second-order valence-corrected chi connectivity index (χ2v) is 7.87. The summed E-state index contributed by atoms with van der Waals surface area (Å²) < 4.78 is 16.7. The van der Waals surface area contributed by atoms with Crippen LogP contribution < -0.4 is 9.47 Å². The average molecular weight is 405 g/mol. The lowest BCUT2D eigenvalue weighted by Crippen LogP contribution is -2.41. The molecule has 2 unspecified atom stereocenters. The minimum atomic E-state index is -0.989. The molecule has 5 nitrogen and oxygen atoms in total. The first-order valence-electron chi connectivity index (χ1n) is 9.31. The number of benzene rings is 2. The summed E-state index contributed by atoms with van der Waals surface area (Å²) in [6.07, 6.45) is 1.59. The van der Waals surface area contributed by atoms with Crippen LogP contribution in [0.2, 0.25) is 5.02 Å². The van der Waals surface area contributed by atoms with Gasteiger partial charge < -0.3 is 19.3 Å². The predicted molar refractivity (Wildman–Crippen MR) is 107 cm³/mol. The van der Waals surface area contributed by atoms with Gasteiger partial charge in [-0.15, -0.1) is 0 Å². The zero-order valence-electron chi connectivity index (χ0n) is 16.1. The fraction of sp³-hybridized carbons (Fsp3) is 0.409. The van der Waals surface area contributed by atoms with E-state index in [-0.39, 0.29) is 18.5 Å². The molecule has 2 aromatic carbocycles. The molecular formula is C22H25ClO5. The quantitative estimate of drug-likeness (QED) is 0.696. The number of esters is 1. The molecule has 1 aliphatic rings. The highest BCUT2D eigenvalue weighted by Gasteiger charge is 2.35. The van der Waals surface area contributed by atoms with Gasteiger partial charge in [0.05, 0.1) is 19.1 Å². The van der Waals surface area contributed by atoms with Crippen molar-refractivity contribution in [3.63, 3.8) is 0 Å². The van der Waals surface area contributed by atoms with E-state index in [0.717, 1.165) is 11.1 Å². The van der Waals surface area contributed by atoms with Crippen LogP contribution in [-0.2, 0) is 22.6 Å². The van der Waals surface area contributed by atoms with E-state index in [2.05, 4.69) is 0 Å². The van der Waals surface area contributed by atoms with Gasteiger partial charge in [-0.05, 0) is 55.2 Å². The smallest absolute Gasteiger partial charge is 0.308 e. The lowest BCUT2D eigenvalue weighted by Gasteiger charge is -2.33. The minimum absolute atomic E-state index is 0.0526. The maximum Gasteiger partial charge on any atom is 0.308 e. The molecule has 1 N–H and O–H groups in total. The van der Waals surface area contributed by atoms with Crippen LogP contribution in [0.15, 0.2) is 42.5 Å². The van der Waals surface area contributed by atoms with Crippen LogP contribution in [0, 0.1) is 0 Å². The maximum atomic E-state index is 11.6. The first-order chi connectivity index (χ1) is 13.3. The summed E-state index contributed by atoms with van der Waals surface area (Å²) in [6.45, 7) is 2.09. The number of hydrogen-bond acceptors (Lipinski definition) is 5. The highest BCUT2D eigenvalue weighted by atomic mass is 35.5. The zero-order chi connectivity index (χ0) is 20.1. The number of rotatable bonds is 7. The SMILES string of the molecule is COc1cc(CCC2CC(C)(O)CC(=O)O2)ccc1OCc1ccc(Cl)cc1. The molecule has 2 aromatic rings. The monoisotopic (exact) mass is 404 g/mol. The van der Waals surface area contributed by atoms with Gasteiger partial charge in [0, 0.05) is 11.4 Å². The maximum absolute atomic E-state index is 11.6. The van der Waals surface area contributed by atoms with Crippen LogP contribution >= 0.6 is 11.6 Å². The molecule has 1 fully saturated rings. The second-order valence-electron chi connectivity index (χ2n) is 7.43. The number of aliphatic hydroxyl groups is 1. The van der Waals surface area contributed by atoms with Gasteiger partial charge in [0.15, 0.2) is 11.5 Å². The van der Waals surface area contributed by atoms with Gasteiger partial charge in [-0.2, -0.15) is 0 Å². The van der Waals surface area contributed by atoms with E-state index in [4.69, 9.17) is 25.8 Å². The summed E-state index contributed by atoms with van der Waals surface area (Å²) in [6, 6.07) is 13.3. The van der Waals surface area contributed by atoms with E-state index in [0.29, 0.717) is 42.4 Å². The van der Waals surface area contributed by atoms with Crippen molar-refractivity contribution in [2.75, 3.05) is 7.11 Å². The molecule has 6 heteroatoms. The molecule has 1 aliphatic heterocycles. The van der Waals surface area contributed by atoms with Gasteiger partial charge in [-0.1, -0.05) is 29.8 Å². The highest BCUT2D eigenvalue weighted by molar-refractivity contribution is 6.30. The summed E-state index contributed by atoms with van der Waals surface area (Å²) >= 11 is 5.90. The first-order valence-corrected chi connectivity index (χ1v) is 9.68. The number of carbonyl (C=O) groups excluding carboxylic acids is 1. The standard InChI is InChI=1S/C22H25ClO5/c1-22(25)12-18(28-21(24)13-22)9-5-15-6-10-19(20(11-15)26-2)27-14-16-3-7-17(23)8-4-16/h3-4,6-8,10-11,18,25H,5,9,12-14H2,1-2H3. The fourth-order valence-electron chi connectivity index (χ4n) is 3.36. The average Bonchev–Trinajstić information content (AvgIpc) is 2.64. The Hall–Kier alpha value is -2.24. The van der Waals surface area contributed by atoms with Crippen molar-refractivity contribution in [1.29, 1.82) is 0 Å². The molecule has 28 heavy (non-hydrogen) atoms. The summed E-state index contributed by atoms with van der Waals surface area (Å²) in [5.74, 6) is 0.970. The Morgan fingerprint density at radius 2 is 1.89 bits per heavy atom. The number of methoxy groups -OCH3 is 1. The van der Waals surface area contributed by atoms with Crippen LogP contribution in [0.3, 0.4) is 0 Å². The van der Waals surface area contributed by atoms with Gasteiger partial charge in [-0.25, -0.2) is 0 Å². The van der Waals surface area contributed by atoms with Crippen LogP contribution in [0.1, 0.15) is 37.3 Å². The second kappa shape index (κ2) is 8.84. The Kier molecular flexibility index (Phi) is 6.47. The van der Waals surface area contributed by atoms with E-state index in [1.54, 1.807) is 14.0 Å². The van der Waals surface area contributed by atoms with Crippen molar-refractivity contribution >= 4 is 17.6 Å². The molecule has 0 bridgehead atoms. The highest BCUT2D eigenvalue weighted by Crippen LogP contribution is 2.31. The molecule has 0 aliphatic carbocycles. The minimum Gasteiger partial charge on any atom is -0.493 e. The Labute approximate surface area is 170 Å². The molecular weight excluding hydrogens is 380 g/mol. The lowest BCUT2D eigenvalue weighted by molar-refractivity contribution is -0.168. The van der Waals surface area contributed by atoms with Crippen molar-refractivity contribution in [1.82, 2.24) is 0 Å². The predicted octanol–water partition coefficient (Wildman–Crippen LogP) is 4.32. The van der Waals surface area contributed by atoms with E-state index < -0.39 is 5.60 Å². The zero-order valence-corrected chi connectivity index (χ0v) is 16.9. The molecule has 0 spiro atoms. The summed E-state index contributed by atoms with van der Waals surface area (Å²) in [4.78, 5) is 11.6. The van der Waals surface area contributed by atoms with E-state index in [1.165, 1.54) is 0 Å². The molecule has 1 heterocycles. The summed E-state index contributed by atoms with van der Waals surface area (Å²) in [5.41, 5.74) is 1.08. The Balaban J connectivity index is 1.59. The molecule has 0 amide bonds. The summed E-state index contributed by atoms with van der Waals surface area (Å²) in [7, 11) is 1.61. The number of hydrogen-bond donors (Lipinski definition) is 1. The van der Waals surface area contributed by atoms with Crippen LogP contribution in [0.5, 0.6) is 11.5 Å². The van der Waals surface area contributed by atoms with Crippen LogP contribution in [0.25, 0.3) is 0 Å². The van der Waals surface area contributed by atoms with E-state index >= 15 is 0 Å². The van der Waals surface area contributed by atoms with Gasteiger partial charge in [0.1, 0.15) is 12.7 Å². The van der Waals surface area contributed by atoms with Gasteiger partial charge in [-0.3, -0.25) is 4.79 Å². The number of cyclic esters (lactones) is 1. The number of halogens is 1. The van der Waals surface area contributed by atoms with Gasteiger partial charge >= 0.3 is 5.97 Å². The Morgan fingerprint density at radius 3 is 2.57 bits per heavy atom. The molecule has 2 atom stereocenters. The van der Waals surface area contributed by atoms with E-state index in [9.17, 15) is 9.90 Å². The van der Waals surface area contributed by atoms with Crippen molar-refractivity contribution in [2.24, 2.45) is 0 Å². The third-order valence-corrected chi connectivity index (χ3v) is 5.03. The Bertz CT molecular complexity index is 816. The number of ether oxygens (including phenoxy) is 3. The molecule has 1 saturated heterocycles. The van der Waals surface area contributed by atoms with Gasteiger partial charge in [0.25, 0.3) is 0 Å². The molecule has 150 valence electrons. The third-order valence-electron chi connectivity index (χ3n) is 4.78. The van der Waals surface area contributed by atoms with Gasteiger partial charge in [0.2, 0.25) is 0 Å². The van der Waals surface area contributed by atoms with Crippen molar-refractivity contribution in [2.45, 2.75) is 50.9 Å².